The summed E-state index contributed by atoms with van der Waals surface area (Å²) in [5.74, 6) is 1.27. The molecule has 122 valence electrons. The van der Waals surface area contributed by atoms with E-state index in [9.17, 15) is 4.79 Å². The third kappa shape index (κ3) is 3.51. The molecular weight excluding hydrogens is 302 g/mol. The van der Waals surface area contributed by atoms with E-state index < -0.39 is 0 Å². The average Bonchev–Trinajstić information content (AvgIpc) is 3.02. The fraction of sp³-hybridized carbons (Fsp3) is 0.211. The van der Waals surface area contributed by atoms with E-state index in [2.05, 4.69) is 29.4 Å². The highest BCUT2D eigenvalue weighted by atomic mass is 16.4. The molecule has 1 aromatic heterocycles. The van der Waals surface area contributed by atoms with Gasteiger partial charge in [0, 0.05) is 23.7 Å². The second kappa shape index (κ2) is 6.66. The van der Waals surface area contributed by atoms with E-state index in [-0.39, 0.29) is 5.91 Å². The summed E-state index contributed by atoms with van der Waals surface area (Å²) < 4.78 is 5.37. The zero-order valence-corrected chi connectivity index (χ0v) is 13.9. The van der Waals surface area contributed by atoms with Gasteiger partial charge in [-0.3, -0.25) is 4.79 Å². The zero-order chi connectivity index (χ0) is 17.1. The summed E-state index contributed by atoms with van der Waals surface area (Å²) in [5.41, 5.74) is 3.38. The highest BCUT2D eigenvalue weighted by Gasteiger charge is 2.09. The molecule has 0 unspecified atom stereocenters. The van der Waals surface area contributed by atoms with Gasteiger partial charge in [0.2, 0.25) is 11.8 Å². The van der Waals surface area contributed by atoms with Crippen molar-refractivity contribution in [3.63, 3.8) is 0 Å². The van der Waals surface area contributed by atoms with Gasteiger partial charge in [0.25, 0.3) is 5.91 Å². The van der Waals surface area contributed by atoms with E-state index >= 15 is 0 Å². The first kappa shape index (κ1) is 15.9. The molecule has 1 heterocycles. The largest absolute Gasteiger partial charge is 0.421 e. The number of amides is 1. The third-order valence-electron chi connectivity index (χ3n) is 3.76. The molecule has 2 aromatic carbocycles. The molecule has 1 N–H and O–H groups in total. The summed E-state index contributed by atoms with van der Waals surface area (Å²) in [6.07, 6.45) is 0. The minimum absolute atomic E-state index is 0.152. The van der Waals surface area contributed by atoms with Crippen molar-refractivity contribution in [3.8, 4) is 11.5 Å². The standard InChI is InChI=1S/C19H19N3O2/c1-12(2)14-8-10-17(11-9-14)20-18(23)15-4-6-16(7-5-15)19-22-21-13(3)24-19/h4-12H,1-3H3,(H,20,23). The van der Waals surface area contributed by atoms with E-state index in [4.69, 9.17) is 4.42 Å². The summed E-state index contributed by atoms with van der Waals surface area (Å²) >= 11 is 0. The maximum atomic E-state index is 12.3. The predicted molar refractivity (Wildman–Crippen MR) is 93.0 cm³/mol. The number of anilines is 1. The summed E-state index contributed by atoms with van der Waals surface area (Å²) in [4.78, 5) is 12.3. The first-order valence-electron chi connectivity index (χ1n) is 7.85. The number of nitrogens with zero attached hydrogens (tertiary/aromatic N) is 2. The summed E-state index contributed by atoms with van der Waals surface area (Å²) in [5, 5.41) is 10.7. The molecule has 0 spiro atoms. The van der Waals surface area contributed by atoms with Gasteiger partial charge in [-0.25, -0.2) is 0 Å². The van der Waals surface area contributed by atoms with Gasteiger partial charge in [0.15, 0.2) is 0 Å². The fourth-order valence-corrected chi connectivity index (χ4v) is 2.33. The van der Waals surface area contributed by atoms with Gasteiger partial charge in [-0.15, -0.1) is 10.2 Å². The molecular formula is C19H19N3O2. The van der Waals surface area contributed by atoms with Crippen LogP contribution in [0.15, 0.2) is 52.9 Å². The smallest absolute Gasteiger partial charge is 0.255 e. The van der Waals surface area contributed by atoms with Crippen molar-refractivity contribution >= 4 is 11.6 Å². The summed E-state index contributed by atoms with van der Waals surface area (Å²) in [7, 11) is 0. The lowest BCUT2D eigenvalue weighted by molar-refractivity contribution is 0.102. The Balaban J connectivity index is 1.71. The van der Waals surface area contributed by atoms with E-state index in [1.807, 2.05) is 24.3 Å². The number of carbonyl (C=O) groups excluding carboxylic acids is 1. The van der Waals surface area contributed by atoms with Crippen LogP contribution in [0.5, 0.6) is 0 Å². The van der Waals surface area contributed by atoms with Gasteiger partial charge in [-0.2, -0.15) is 0 Å². The van der Waals surface area contributed by atoms with Crippen LogP contribution < -0.4 is 5.32 Å². The molecule has 0 aliphatic rings. The number of benzene rings is 2. The Morgan fingerprint density at radius 1 is 1.00 bits per heavy atom. The van der Waals surface area contributed by atoms with Gasteiger partial charge in [0.05, 0.1) is 0 Å². The highest BCUT2D eigenvalue weighted by molar-refractivity contribution is 6.04. The van der Waals surface area contributed by atoms with Gasteiger partial charge < -0.3 is 9.73 Å². The molecule has 0 fully saturated rings. The van der Waals surface area contributed by atoms with Crippen LogP contribution in [-0.2, 0) is 0 Å². The number of hydrogen-bond acceptors (Lipinski definition) is 4. The number of rotatable bonds is 4. The van der Waals surface area contributed by atoms with Crippen molar-refractivity contribution in [2.75, 3.05) is 5.32 Å². The van der Waals surface area contributed by atoms with Crippen LogP contribution in [0.3, 0.4) is 0 Å². The van der Waals surface area contributed by atoms with E-state index in [0.717, 1.165) is 11.3 Å². The average molecular weight is 321 g/mol. The SMILES string of the molecule is Cc1nnc(-c2ccc(C(=O)Nc3ccc(C(C)C)cc3)cc2)o1. The normalized spacial score (nSPS) is 10.8. The van der Waals surface area contributed by atoms with E-state index in [1.165, 1.54) is 5.56 Å². The Bertz CT molecular complexity index is 834. The third-order valence-corrected chi connectivity index (χ3v) is 3.76. The van der Waals surface area contributed by atoms with Crippen molar-refractivity contribution < 1.29 is 9.21 Å². The van der Waals surface area contributed by atoms with Gasteiger partial charge in [-0.1, -0.05) is 26.0 Å². The van der Waals surface area contributed by atoms with E-state index in [0.29, 0.717) is 23.3 Å². The van der Waals surface area contributed by atoms with Crippen molar-refractivity contribution in [3.05, 3.63) is 65.5 Å². The second-order valence-electron chi connectivity index (χ2n) is 5.93. The van der Waals surface area contributed by atoms with Crippen LogP contribution >= 0.6 is 0 Å². The molecule has 3 aromatic rings. The Hall–Kier alpha value is -2.95. The molecule has 0 aliphatic heterocycles. The maximum Gasteiger partial charge on any atom is 0.255 e. The number of aromatic nitrogens is 2. The lowest BCUT2D eigenvalue weighted by atomic mass is 10.0. The molecule has 24 heavy (non-hydrogen) atoms. The molecule has 5 heteroatoms. The van der Waals surface area contributed by atoms with Crippen molar-refractivity contribution in [1.29, 1.82) is 0 Å². The first-order chi connectivity index (χ1) is 11.5. The fourth-order valence-electron chi connectivity index (χ4n) is 2.33. The molecule has 0 radical (unpaired) electrons. The van der Waals surface area contributed by atoms with Crippen molar-refractivity contribution in [2.24, 2.45) is 0 Å². The molecule has 0 atom stereocenters. The highest BCUT2D eigenvalue weighted by Crippen LogP contribution is 2.20. The molecule has 3 rings (SSSR count). The van der Waals surface area contributed by atoms with Gasteiger partial charge in [0.1, 0.15) is 0 Å². The van der Waals surface area contributed by atoms with Gasteiger partial charge >= 0.3 is 0 Å². The van der Waals surface area contributed by atoms with Crippen LogP contribution in [0.1, 0.15) is 41.6 Å². The molecule has 0 saturated heterocycles. The number of aryl methyl sites for hydroxylation is 1. The molecule has 0 bridgehead atoms. The minimum Gasteiger partial charge on any atom is -0.421 e. The Morgan fingerprint density at radius 2 is 1.67 bits per heavy atom. The van der Waals surface area contributed by atoms with Crippen LogP contribution in [0.2, 0.25) is 0 Å². The van der Waals surface area contributed by atoms with Gasteiger partial charge in [-0.05, 0) is 47.9 Å². The van der Waals surface area contributed by atoms with E-state index in [1.54, 1.807) is 31.2 Å². The topological polar surface area (TPSA) is 68.0 Å². The number of nitrogens with one attached hydrogen (secondary N) is 1. The van der Waals surface area contributed by atoms with Crippen molar-refractivity contribution in [2.45, 2.75) is 26.7 Å². The number of hydrogen-bond donors (Lipinski definition) is 1. The predicted octanol–water partition coefficient (Wildman–Crippen LogP) is 4.42. The second-order valence-corrected chi connectivity index (χ2v) is 5.93. The molecule has 0 saturated carbocycles. The van der Waals surface area contributed by atoms with Crippen LogP contribution in [0.25, 0.3) is 11.5 Å². The van der Waals surface area contributed by atoms with Crippen LogP contribution in [0, 0.1) is 6.92 Å². The van der Waals surface area contributed by atoms with Crippen molar-refractivity contribution in [1.82, 2.24) is 10.2 Å². The first-order valence-corrected chi connectivity index (χ1v) is 7.85. The Kier molecular flexibility index (Phi) is 4.42. The monoisotopic (exact) mass is 321 g/mol. The minimum atomic E-state index is -0.152. The number of carbonyl (C=O) groups is 1. The Labute approximate surface area is 140 Å². The zero-order valence-electron chi connectivity index (χ0n) is 13.9. The van der Waals surface area contributed by atoms with Crippen LogP contribution in [-0.4, -0.2) is 16.1 Å². The summed E-state index contributed by atoms with van der Waals surface area (Å²) in [6, 6.07) is 15.0. The summed E-state index contributed by atoms with van der Waals surface area (Å²) in [6.45, 7) is 6.02. The quantitative estimate of drug-likeness (QED) is 0.772. The lowest BCUT2D eigenvalue weighted by Gasteiger charge is -2.08. The molecule has 1 amide bonds. The maximum absolute atomic E-state index is 12.3. The Morgan fingerprint density at radius 3 is 2.21 bits per heavy atom. The van der Waals surface area contributed by atoms with Crippen LogP contribution in [0.4, 0.5) is 5.69 Å². The lowest BCUT2D eigenvalue weighted by Crippen LogP contribution is -2.11. The molecule has 5 nitrogen and oxygen atoms in total. The molecule has 0 aliphatic carbocycles.